The molecule has 1 aliphatic carbocycles. The summed E-state index contributed by atoms with van der Waals surface area (Å²) in [6, 6.07) is 4.74. The molecule has 10 heteroatoms. The molecule has 1 amide bonds. The first-order valence-electron chi connectivity index (χ1n) is 16.6. The fourth-order valence-corrected chi connectivity index (χ4v) is 8.27. The van der Waals surface area contributed by atoms with Crippen LogP contribution in [0.15, 0.2) is 50.4 Å². The van der Waals surface area contributed by atoms with Gasteiger partial charge in [-0.25, -0.2) is 18.6 Å². The van der Waals surface area contributed by atoms with Crippen molar-refractivity contribution in [1.82, 2.24) is 14.7 Å². The van der Waals surface area contributed by atoms with Crippen molar-refractivity contribution in [2.75, 3.05) is 32.7 Å². The van der Waals surface area contributed by atoms with Crippen LogP contribution in [-0.4, -0.2) is 95.4 Å². The molecule has 0 radical (unpaired) electrons. The number of nitrogens with zero attached hydrogens (tertiary/aromatic N) is 6. The Balaban J connectivity index is 1.26. The van der Waals surface area contributed by atoms with Crippen LogP contribution >= 0.6 is 0 Å². The Morgan fingerprint density at radius 3 is 2.40 bits per heavy atom. The summed E-state index contributed by atoms with van der Waals surface area (Å²) in [5.74, 6) is -0.263. The van der Waals surface area contributed by atoms with Crippen molar-refractivity contribution >= 4 is 30.4 Å². The lowest BCUT2D eigenvalue weighted by atomic mass is 9.93. The van der Waals surface area contributed by atoms with Crippen molar-refractivity contribution in [3.63, 3.8) is 0 Å². The minimum Gasteiger partial charge on any atom is -0.444 e. The third-order valence-corrected chi connectivity index (χ3v) is 10.4. The molecule has 2 atom stereocenters. The highest BCUT2D eigenvalue weighted by atomic mass is 19.1. The Kier molecular flexibility index (Phi) is 7.69. The van der Waals surface area contributed by atoms with Crippen LogP contribution in [0.3, 0.4) is 0 Å². The molecule has 1 aromatic rings. The van der Waals surface area contributed by atoms with E-state index in [1.165, 1.54) is 6.07 Å². The molecule has 2 bridgehead atoms. The van der Waals surface area contributed by atoms with Gasteiger partial charge < -0.3 is 9.64 Å². The van der Waals surface area contributed by atoms with E-state index in [-0.39, 0.29) is 46.9 Å². The monoisotopic (exact) mass is 618 g/mol. The second-order valence-electron chi connectivity index (χ2n) is 14.6. The zero-order valence-electron chi connectivity index (χ0n) is 26.7. The van der Waals surface area contributed by atoms with Gasteiger partial charge in [-0.1, -0.05) is 12.1 Å². The van der Waals surface area contributed by atoms with Crippen LogP contribution in [0.1, 0.15) is 89.2 Å². The fraction of sp³-hybridized carbons (Fsp3) is 0.600. The predicted molar refractivity (Wildman–Crippen MR) is 173 cm³/mol. The first-order valence-corrected chi connectivity index (χ1v) is 16.6. The number of allylic oxidation sites excluding steroid dienone is 2. The molecule has 5 fully saturated rings. The van der Waals surface area contributed by atoms with Crippen LogP contribution in [0.25, 0.3) is 5.70 Å². The van der Waals surface area contributed by atoms with Crippen molar-refractivity contribution in [1.29, 1.82) is 0 Å². The van der Waals surface area contributed by atoms with E-state index in [1.807, 2.05) is 25.7 Å². The Hall–Kier alpha value is -3.40. The molecule has 4 saturated heterocycles. The highest BCUT2D eigenvalue weighted by Gasteiger charge is 2.46. The van der Waals surface area contributed by atoms with Gasteiger partial charge in [0, 0.05) is 36.0 Å². The number of ether oxygens (including phenoxy) is 1. The lowest BCUT2D eigenvalue weighted by molar-refractivity contribution is -0.000492. The molecule has 240 valence electrons. The van der Waals surface area contributed by atoms with Crippen LogP contribution in [0, 0.1) is 5.82 Å². The molecule has 0 aromatic heterocycles. The van der Waals surface area contributed by atoms with E-state index in [0.29, 0.717) is 42.2 Å². The number of likely N-dealkylation sites (tertiary alicyclic amines) is 1. The van der Waals surface area contributed by atoms with Gasteiger partial charge in [-0.05, 0) is 104 Å². The van der Waals surface area contributed by atoms with Crippen molar-refractivity contribution < 1.29 is 18.3 Å². The van der Waals surface area contributed by atoms with Crippen LogP contribution in [0.4, 0.5) is 13.6 Å². The average Bonchev–Trinajstić information content (AvgIpc) is 3.53. The molecule has 0 spiro atoms. The summed E-state index contributed by atoms with van der Waals surface area (Å²) in [5, 5.41) is 0. The van der Waals surface area contributed by atoms with Crippen molar-refractivity contribution in [3.05, 3.63) is 52.4 Å². The van der Waals surface area contributed by atoms with E-state index >= 15 is 8.78 Å². The number of aliphatic imine (C=N–C) groups is 3. The molecule has 5 heterocycles. The third kappa shape index (κ3) is 5.53. The molecule has 2 unspecified atom stereocenters. The second-order valence-corrected chi connectivity index (χ2v) is 14.6. The normalized spacial score (nSPS) is 28.2. The standard InChI is InChI=1S/C35H44F2N6O2/c1-34(2,3)45-33(44)43-23-12-13-24(43)20-41(19-23)32(38-4)26-18-39-30(25-8-5-9-27(36)28(25)22-10-11-22)29(37)31(26)40-21-35-14-6-16-42(35)17-7-15-35/h5,8-9,18,22-24H,4,6-7,10-17,19-21H2,1-3H3/b32-26+,40-31?. The van der Waals surface area contributed by atoms with Gasteiger partial charge in [0.15, 0.2) is 5.83 Å². The average molecular weight is 619 g/mol. The molecule has 6 aliphatic rings. The fourth-order valence-electron chi connectivity index (χ4n) is 8.27. The highest BCUT2D eigenvalue weighted by molar-refractivity contribution is 6.28. The lowest BCUT2D eigenvalue weighted by Crippen LogP contribution is -2.56. The third-order valence-electron chi connectivity index (χ3n) is 10.4. The number of hydrogen-bond donors (Lipinski definition) is 0. The Bertz CT molecular complexity index is 1500. The number of carbonyl (C=O) groups is 1. The van der Waals surface area contributed by atoms with Gasteiger partial charge in [0.05, 0.1) is 24.2 Å². The van der Waals surface area contributed by atoms with E-state index in [0.717, 1.165) is 64.5 Å². The minimum atomic E-state index is -0.580. The molecule has 7 rings (SSSR count). The molecule has 1 aromatic carbocycles. The quantitative estimate of drug-likeness (QED) is 0.342. The summed E-state index contributed by atoms with van der Waals surface area (Å²) in [7, 11) is 0. The largest absolute Gasteiger partial charge is 0.444 e. The maximum atomic E-state index is 16.9. The summed E-state index contributed by atoms with van der Waals surface area (Å²) in [5.41, 5.74) is 1.23. The van der Waals surface area contributed by atoms with Crippen molar-refractivity contribution in [2.45, 2.75) is 101 Å². The van der Waals surface area contributed by atoms with Gasteiger partial charge in [-0.3, -0.25) is 19.8 Å². The lowest BCUT2D eigenvalue weighted by Gasteiger charge is -2.42. The van der Waals surface area contributed by atoms with Crippen LogP contribution in [-0.2, 0) is 4.74 Å². The number of amides is 1. The first-order chi connectivity index (χ1) is 21.6. The molecule has 1 saturated carbocycles. The number of carbonyl (C=O) groups excluding carboxylic acids is 1. The number of fused-ring (bicyclic) bond motifs is 3. The topological polar surface area (TPSA) is 73.1 Å². The van der Waals surface area contributed by atoms with Gasteiger partial charge in [-0.2, -0.15) is 0 Å². The van der Waals surface area contributed by atoms with Crippen LogP contribution in [0.2, 0.25) is 0 Å². The summed E-state index contributed by atoms with van der Waals surface area (Å²) in [6.07, 6.45) is 9.18. The molecule has 0 N–H and O–H groups in total. The molecular formula is C35H44F2N6O2. The Morgan fingerprint density at radius 2 is 1.78 bits per heavy atom. The smallest absolute Gasteiger partial charge is 0.410 e. The van der Waals surface area contributed by atoms with Gasteiger partial charge in [0.2, 0.25) is 0 Å². The van der Waals surface area contributed by atoms with Gasteiger partial charge in [-0.15, -0.1) is 0 Å². The number of rotatable bonds is 6. The SMILES string of the molecule is C=N/C(=C1/C=NC(c2cccc(F)c2C2CC2)=C(F)C1=NCC12CCCN1CCC2)N1CC2CCC(C1)N2C(=O)OC(C)(C)C. The zero-order valence-corrected chi connectivity index (χ0v) is 26.7. The maximum Gasteiger partial charge on any atom is 0.410 e. The van der Waals surface area contributed by atoms with E-state index in [4.69, 9.17) is 9.73 Å². The van der Waals surface area contributed by atoms with E-state index in [2.05, 4.69) is 26.5 Å². The van der Waals surface area contributed by atoms with Crippen molar-refractivity contribution in [3.8, 4) is 0 Å². The molecule has 5 aliphatic heterocycles. The number of benzene rings is 1. The minimum absolute atomic E-state index is 0.0503. The highest BCUT2D eigenvalue weighted by Crippen LogP contribution is 2.46. The van der Waals surface area contributed by atoms with Gasteiger partial charge >= 0.3 is 6.09 Å². The molecule has 8 nitrogen and oxygen atoms in total. The maximum absolute atomic E-state index is 16.9. The predicted octanol–water partition coefficient (Wildman–Crippen LogP) is 6.49. The Labute approximate surface area is 264 Å². The summed E-state index contributed by atoms with van der Waals surface area (Å²) in [4.78, 5) is 33.7. The Morgan fingerprint density at radius 1 is 1.09 bits per heavy atom. The summed E-state index contributed by atoms with van der Waals surface area (Å²) < 4.78 is 37.7. The van der Waals surface area contributed by atoms with Crippen LogP contribution in [0.5, 0.6) is 0 Å². The summed E-state index contributed by atoms with van der Waals surface area (Å²) in [6.45, 7) is 13.2. The van der Waals surface area contributed by atoms with E-state index in [1.54, 1.807) is 18.3 Å². The van der Waals surface area contributed by atoms with Gasteiger partial charge in [0.1, 0.15) is 28.6 Å². The molecule has 45 heavy (non-hydrogen) atoms. The van der Waals surface area contributed by atoms with E-state index < -0.39 is 11.4 Å². The second kappa shape index (κ2) is 11.4. The number of halogens is 2. The van der Waals surface area contributed by atoms with Crippen LogP contribution < -0.4 is 0 Å². The summed E-state index contributed by atoms with van der Waals surface area (Å²) >= 11 is 0. The van der Waals surface area contributed by atoms with E-state index in [9.17, 15) is 4.79 Å². The van der Waals surface area contributed by atoms with Crippen molar-refractivity contribution in [2.24, 2.45) is 15.0 Å². The number of piperazine rings is 1. The van der Waals surface area contributed by atoms with Gasteiger partial charge in [0.25, 0.3) is 0 Å². The number of hydrogen-bond acceptors (Lipinski definition) is 7. The zero-order chi connectivity index (χ0) is 31.5. The first kappa shape index (κ1) is 30.3. The molecular weight excluding hydrogens is 574 g/mol.